The zero-order valence-electron chi connectivity index (χ0n) is 20.4. The number of piperidine rings is 1. The van der Waals surface area contributed by atoms with Gasteiger partial charge in [-0.15, -0.1) is 0 Å². The molecule has 0 aromatic heterocycles. The van der Waals surface area contributed by atoms with Gasteiger partial charge in [-0.05, 0) is 50.8 Å². The normalized spacial score (nSPS) is 21.9. The van der Waals surface area contributed by atoms with E-state index in [2.05, 4.69) is 10.6 Å². The second kappa shape index (κ2) is 11.3. The van der Waals surface area contributed by atoms with Crippen LogP contribution in [-0.4, -0.2) is 52.7 Å². The van der Waals surface area contributed by atoms with Crippen LogP contribution in [0.1, 0.15) is 64.8 Å². The van der Waals surface area contributed by atoms with Crippen molar-refractivity contribution in [3.8, 4) is 0 Å². The molecule has 9 nitrogen and oxygen atoms in total. The van der Waals surface area contributed by atoms with E-state index >= 15 is 0 Å². The smallest absolute Gasteiger partial charge is 0.273 e. The van der Waals surface area contributed by atoms with Gasteiger partial charge in [-0.3, -0.25) is 24.5 Å². The molecule has 2 fully saturated rings. The van der Waals surface area contributed by atoms with E-state index in [1.807, 2.05) is 18.2 Å². The highest BCUT2D eigenvalue weighted by Crippen LogP contribution is 2.25. The maximum Gasteiger partial charge on any atom is 0.273 e. The Hall–Kier alpha value is -3.75. The van der Waals surface area contributed by atoms with Crippen molar-refractivity contribution in [1.82, 2.24) is 15.5 Å². The number of nitrogens with zero attached hydrogens (tertiary/aromatic N) is 2. The van der Waals surface area contributed by atoms with Gasteiger partial charge in [-0.1, -0.05) is 37.1 Å². The molecule has 1 aliphatic heterocycles. The SMILES string of the molecule is Cc1ccc(C(=O)N2CCCC(C(=O)N[C@@H]3CCCC[C@H]3NC(=O)c3ccccc3)C2)cc1[N+](=O)[O-]. The van der Waals surface area contributed by atoms with Crippen LogP contribution < -0.4 is 10.6 Å². The number of likely N-dealkylation sites (tertiary alicyclic amines) is 1. The average Bonchev–Trinajstić information content (AvgIpc) is 2.90. The third kappa shape index (κ3) is 5.90. The lowest BCUT2D eigenvalue weighted by atomic mass is 9.88. The zero-order valence-corrected chi connectivity index (χ0v) is 20.4. The van der Waals surface area contributed by atoms with Gasteiger partial charge in [-0.25, -0.2) is 0 Å². The molecule has 1 heterocycles. The van der Waals surface area contributed by atoms with Crippen LogP contribution in [0.3, 0.4) is 0 Å². The number of rotatable bonds is 6. The van der Waals surface area contributed by atoms with Gasteiger partial charge < -0.3 is 15.5 Å². The van der Waals surface area contributed by atoms with Gasteiger partial charge in [0.1, 0.15) is 0 Å². The van der Waals surface area contributed by atoms with E-state index in [0.717, 1.165) is 25.7 Å². The van der Waals surface area contributed by atoms with Gasteiger partial charge in [0, 0.05) is 47.9 Å². The highest BCUT2D eigenvalue weighted by molar-refractivity contribution is 5.96. The maximum atomic E-state index is 13.2. The van der Waals surface area contributed by atoms with Crippen molar-refractivity contribution in [3.05, 3.63) is 75.3 Å². The number of nitrogens with one attached hydrogen (secondary N) is 2. The molecule has 0 spiro atoms. The van der Waals surface area contributed by atoms with E-state index < -0.39 is 4.92 Å². The van der Waals surface area contributed by atoms with Crippen LogP contribution in [0.4, 0.5) is 5.69 Å². The number of aryl methyl sites for hydroxylation is 1. The monoisotopic (exact) mass is 492 g/mol. The number of nitro benzene ring substituents is 1. The first kappa shape index (κ1) is 25.3. The minimum Gasteiger partial charge on any atom is -0.351 e. The average molecular weight is 493 g/mol. The molecule has 190 valence electrons. The van der Waals surface area contributed by atoms with Crippen LogP contribution in [0.2, 0.25) is 0 Å². The fourth-order valence-corrected chi connectivity index (χ4v) is 5.12. The molecular formula is C27H32N4O5. The lowest BCUT2D eigenvalue weighted by molar-refractivity contribution is -0.385. The van der Waals surface area contributed by atoms with Gasteiger partial charge in [0.15, 0.2) is 0 Å². The van der Waals surface area contributed by atoms with E-state index in [9.17, 15) is 24.5 Å². The molecule has 9 heteroatoms. The number of hydrogen-bond acceptors (Lipinski definition) is 5. The summed E-state index contributed by atoms with van der Waals surface area (Å²) >= 11 is 0. The minimum atomic E-state index is -0.490. The highest BCUT2D eigenvalue weighted by atomic mass is 16.6. The molecular weight excluding hydrogens is 460 g/mol. The largest absolute Gasteiger partial charge is 0.351 e. The number of amides is 3. The summed E-state index contributed by atoms with van der Waals surface area (Å²) in [4.78, 5) is 51.4. The first-order chi connectivity index (χ1) is 17.3. The van der Waals surface area contributed by atoms with E-state index in [1.165, 1.54) is 6.07 Å². The Balaban J connectivity index is 1.38. The molecule has 2 N–H and O–H groups in total. The molecule has 3 atom stereocenters. The Morgan fingerprint density at radius 1 is 0.917 bits per heavy atom. The molecule has 2 aromatic rings. The van der Waals surface area contributed by atoms with Crippen LogP contribution in [0.25, 0.3) is 0 Å². The Kier molecular flexibility index (Phi) is 7.97. The lowest BCUT2D eigenvalue weighted by Gasteiger charge is -2.36. The summed E-state index contributed by atoms with van der Waals surface area (Å²) in [7, 11) is 0. The number of benzene rings is 2. The van der Waals surface area contributed by atoms with Gasteiger partial charge in [0.2, 0.25) is 5.91 Å². The van der Waals surface area contributed by atoms with E-state index in [1.54, 1.807) is 36.1 Å². The molecule has 4 rings (SSSR count). The molecule has 2 aliphatic rings. The molecule has 0 bridgehead atoms. The van der Waals surface area contributed by atoms with E-state index in [0.29, 0.717) is 30.5 Å². The van der Waals surface area contributed by atoms with Gasteiger partial charge in [-0.2, -0.15) is 0 Å². The molecule has 1 saturated heterocycles. The van der Waals surface area contributed by atoms with Crippen LogP contribution in [0.5, 0.6) is 0 Å². The lowest BCUT2D eigenvalue weighted by Crippen LogP contribution is -2.55. The van der Waals surface area contributed by atoms with Crippen LogP contribution in [0, 0.1) is 23.0 Å². The minimum absolute atomic E-state index is 0.0898. The molecule has 2 aromatic carbocycles. The third-order valence-electron chi connectivity index (χ3n) is 7.18. The predicted octanol–water partition coefficient (Wildman–Crippen LogP) is 3.61. The maximum absolute atomic E-state index is 13.2. The fraction of sp³-hybridized carbons (Fsp3) is 0.444. The quantitative estimate of drug-likeness (QED) is 0.471. The first-order valence-electron chi connectivity index (χ1n) is 12.5. The molecule has 1 saturated carbocycles. The summed E-state index contributed by atoms with van der Waals surface area (Å²) in [6.07, 6.45) is 4.89. The van der Waals surface area contributed by atoms with Crippen molar-refractivity contribution in [2.45, 2.75) is 57.5 Å². The second-order valence-corrected chi connectivity index (χ2v) is 9.69. The molecule has 1 unspecified atom stereocenters. The Morgan fingerprint density at radius 3 is 2.31 bits per heavy atom. The molecule has 1 aliphatic carbocycles. The summed E-state index contributed by atoms with van der Waals surface area (Å²) in [5.41, 5.74) is 1.25. The van der Waals surface area contributed by atoms with Crippen LogP contribution in [-0.2, 0) is 4.79 Å². The van der Waals surface area contributed by atoms with E-state index in [4.69, 9.17) is 0 Å². The standard InChI is InChI=1S/C27H32N4O5/c1-18-13-14-20(16-24(18)31(35)36)27(34)30-15-7-10-21(17-30)26(33)29-23-12-6-5-11-22(23)28-25(32)19-8-3-2-4-9-19/h2-4,8-9,13-14,16,21-23H,5-7,10-12,15,17H2,1H3,(H,28,32)(H,29,33)/t21?,22-,23-/m1/s1. The summed E-state index contributed by atoms with van der Waals surface area (Å²) in [6.45, 7) is 2.40. The van der Waals surface area contributed by atoms with Gasteiger partial charge in [0.05, 0.1) is 10.8 Å². The Labute approximate surface area is 210 Å². The molecule has 3 amide bonds. The van der Waals surface area contributed by atoms with Crippen molar-refractivity contribution in [1.29, 1.82) is 0 Å². The predicted molar refractivity (Wildman–Crippen MR) is 135 cm³/mol. The number of nitro groups is 1. The second-order valence-electron chi connectivity index (χ2n) is 9.69. The summed E-state index contributed by atoms with van der Waals surface area (Å²) < 4.78 is 0. The van der Waals surface area contributed by atoms with Crippen molar-refractivity contribution < 1.29 is 19.3 Å². The van der Waals surface area contributed by atoms with E-state index in [-0.39, 0.29) is 53.5 Å². The number of carbonyl (C=O) groups excluding carboxylic acids is 3. The summed E-state index contributed by atoms with van der Waals surface area (Å²) in [5, 5.41) is 17.5. The summed E-state index contributed by atoms with van der Waals surface area (Å²) in [6, 6.07) is 13.2. The first-order valence-corrected chi connectivity index (χ1v) is 12.5. The van der Waals surface area contributed by atoms with Gasteiger partial charge in [0.25, 0.3) is 17.5 Å². The number of carbonyl (C=O) groups is 3. The summed E-state index contributed by atoms with van der Waals surface area (Å²) in [5.74, 6) is -0.937. The number of hydrogen-bond donors (Lipinski definition) is 2. The Morgan fingerprint density at radius 2 is 1.61 bits per heavy atom. The Bertz CT molecular complexity index is 1140. The van der Waals surface area contributed by atoms with Crippen molar-refractivity contribution in [2.24, 2.45) is 5.92 Å². The van der Waals surface area contributed by atoms with Crippen LogP contribution in [0.15, 0.2) is 48.5 Å². The zero-order chi connectivity index (χ0) is 25.7. The fourth-order valence-electron chi connectivity index (χ4n) is 5.12. The van der Waals surface area contributed by atoms with Gasteiger partial charge >= 0.3 is 0 Å². The topological polar surface area (TPSA) is 122 Å². The van der Waals surface area contributed by atoms with Crippen molar-refractivity contribution in [2.75, 3.05) is 13.1 Å². The molecule has 0 radical (unpaired) electrons. The highest BCUT2D eigenvalue weighted by Gasteiger charge is 2.33. The third-order valence-corrected chi connectivity index (χ3v) is 7.18. The van der Waals surface area contributed by atoms with Crippen molar-refractivity contribution >= 4 is 23.4 Å². The van der Waals surface area contributed by atoms with Crippen LogP contribution >= 0.6 is 0 Å². The van der Waals surface area contributed by atoms with Crippen molar-refractivity contribution in [3.63, 3.8) is 0 Å². The molecule has 36 heavy (non-hydrogen) atoms.